The number of hydrogen-bond donors (Lipinski definition) is 0. The minimum atomic E-state index is 1.17. The van der Waals surface area contributed by atoms with Crippen molar-refractivity contribution in [2.24, 2.45) is 4.99 Å². The molecule has 2 aromatic rings. The van der Waals surface area contributed by atoms with Crippen molar-refractivity contribution in [3.63, 3.8) is 0 Å². The number of rotatable bonds is 4. The molecule has 0 radical (unpaired) electrons. The van der Waals surface area contributed by atoms with Crippen molar-refractivity contribution in [3.8, 4) is 11.1 Å². The summed E-state index contributed by atoms with van der Waals surface area (Å²) in [5, 5.41) is 0. The molecule has 1 nitrogen and oxygen atoms in total. The van der Waals surface area contributed by atoms with Gasteiger partial charge in [-0.05, 0) is 53.8 Å². The molecule has 0 aliphatic rings. The molecule has 20 heavy (non-hydrogen) atoms. The van der Waals surface area contributed by atoms with E-state index in [9.17, 15) is 0 Å². The minimum absolute atomic E-state index is 1.17. The van der Waals surface area contributed by atoms with E-state index in [1.807, 2.05) is 12.2 Å². The van der Waals surface area contributed by atoms with Gasteiger partial charge in [0.15, 0.2) is 0 Å². The third-order valence-corrected chi connectivity index (χ3v) is 3.26. The highest BCUT2D eigenvalue weighted by atomic mass is 14.6. The van der Waals surface area contributed by atoms with Crippen LogP contribution in [0.5, 0.6) is 0 Å². The first-order valence-corrected chi connectivity index (χ1v) is 6.70. The monoisotopic (exact) mass is 261 g/mol. The summed E-state index contributed by atoms with van der Waals surface area (Å²) >= 11 is 0. The Hall–Kier alpha value is -2.41. The molecule has 0 aliphatic heterocycles. The van der Waals surface area contributed by atoms with E-state index in [1.165, 1.54) is 34.0 Å². The predicted octanol–water partition coefficient (Wildman–Crippen LogP) is 5.20. The maximum atomic E-state index is 3.95. The Kier molecular flexibility index (Phi) is 4.67. The van der Waals surface area contributed by atoms with Crippen LogP contribution >= 0.6 is 0 Å². The second-order valence-electron chi connectivity index (χ2n) is 4.73. The summed E-state index contributed by atoms with van der Waals surface area (Å²) in [6.07, 6.45) is 7.24. The number of aliphatic imine (C=N–C) groups is 1. The van der Waals surface area contributed by atoms with Gasteiger partial charge >= 0.3 is 0 Å². The first-order valence-electron chi connectivity index (χ1n) is 6.70. The molecule has 0 spiro atoms. The molecule has 0 unspecified atom stereocenters. The van der Waals surface area contributed by atoms with Crippen molar-refractivity contribution in [1.82, 2.24) is 0 Å². The van der Waals surface area contributed by atoms with E-state index in [0.29, 0.717) is 0 Å². The molecule has 0 amide bonds. The van der Waals surface area contributed by atoms with Gasteiger partial charge < -0.3 is 0 Å². The third kappa shape index (κ3) is 3.33. The normalized spacial score (nSPS) is 11.3. The highest BCUT2D eigenvalue weighted by Crippen LogP contribution is 2.27. The van der Waals surface area contributed by atoms with E-state index in [0.717, 1.165) is 0 Å². The van der Waals surface area contributed by atoms with Crippen molar-refractivity contribution < 1.29 is 0 Å². The van der Waals surface area contributed by atoms with Crippen LogP contribution < -0.4 is 0 Å². The quantitative estimate of drug-likeness (QED) is 0.671. The highest BCUT2D eigenvalue weighted by molar-refractivity contribution is 5.80. The lowest BCUT2D eigenvalue weighted by molar-refractivity contribution is 1.40. The molecule has 0 N–H and O–H groups in total. The van der Waals surface area contributed by atoms with Gasteiger partial charge in [-0.1, -0.05) is 49.1 Å². The van der Waals surface area contributed by atoms with Crippen molar-refractivity contribution in [2.45, 2.75) is 13.8 Å². The van der Waals surface area contributed by atoms with Gasteiger partial charge in [-0.2, -0.15) is 0 Å². The fourth-order valence-corrected chi connectivity index (χ4v) is 2.17. The van der Waals surface area contributed by atoms with Crippen molar-refractivity contribution >= 4 is 12.3 Å². The molecule has 0 atom stereocenters. The highest BCUT2D eigenvalue weighted by Gasteiger charge is 2.04. The summed E-state index contributed by atoms with van der Waals surface area (Å²) in [4.78, 5) is 3.95. The van der Waals surface area contributed by atoms with Crippen LogP contribution in [0, 0.1) is 13.8 Å². The van der Waals surface area contributed by atoms with E-state index >= 15 is 0 Å². The SMILES string of the molecule is C=CN=C/C=C/c1ccc(C)c(-c2ccccc2C)c1. The maximum Gasteiger partial charge on any atom is 0.0267 e. The van der Waals surface area contributed by atoms with Crippen LogP contribution in [0.4, 0.5) is 0 Å². The van der Waals surface area contributed by atoms with Crippen LogP contribution in [0.25, 0.3) is 17.2 Å². The number of aryl methyl sites for hydroxylation is 2. The Balaban J connectivity index is 2.39. The largest absolute Gasteiger partial charge is 0.265 e. The smallest absolute Gasteiger partial charge is 0.0267 e. The summed E-state index contributed by atoms with van der Waals surface area (Å²) in [5.41, 5.74) is 6.33. The van der Waals surface area contributed by atoms with E-state index in [4.69, 9.17) is 0 Å². The zero-order valence-corrected chi connectivity index (χ0v) is 12.0. The minimum Gasteiger partial charge on any atom is -0.265 e. The predicted molar refractivity (Wildman–Crippen MR) is 89.1 cm³/mol. The number of nitrogens with zero attached hydrogens (tertiary/aromatic N) is 1. The second-order valence-corrected chi connectivity index (χ2v) is 4.73. The zero-order valence-electron chi connectivity index (χ0n) is 12.0. The first kappa shape index (κ1) is 14.0. The van der Waals surface area contributed by atoms with Gasteiger partial charge in [0.25, 0.3) is 0 Å². The maximum absolute atomic E-state index is 3.95. The lowest BCUT2D eigenvalue weighted by atomic mass is 9.95. The molecule has 2 rings (SSSR count). The number of allylic oxidation sites excluding steroid dienone is 1. The number of benzene rings is 2. The zero-order chi connectivity index (χ0) is 14.4. The third-order valence-electron chi connectivity index (χ3n) is 3.26. The van der Waals surface area contributed by atoms with Gasteiger partial charge in [0.1, 0.15) is 0 Å². The van der Waals surface area contributed by atoms with Crippen molar-refractivity contribution in [2.75, 3.05) is 0 Å². The summed E-state index contributed by atoms with van der Waals surface area (Å²) < 4.78 is 0. The molecule has 0 bridgehead atoms. The van der Waals surface area contributed by atoms with Gasteiger partial charge in [-0.3, -0.25) is 4.99 Å². The van der Waals surface area contributed by atoms with Gasteiger partial charge in [-0.25, -0.2) is 0 Å². The molecule has 2 aromatic carbocycles. The first-order chi connectivity index (χ1) is 9.72. The lowest BCUT2D eigenvalue weighted by Gasteiger charge is -2.10. The van der Waals surface area contributed by atoms with Gasteiger partial charge in [-0.15, -0.1) is 0 Å². The molecule has 0 heterocycles. The van der Waals surface area contributed by atoms with Crippen LogP contribution in [-0.4, -0.2) is 6.21 Å². The lowest BCUT2D eigenvalue weighted by Crippen LogP contribution is -1.87. The Labute approximate surface area is 121 Å². The molecule has 0 fully saturated rings. The summed E-state index contributed by atoms with van der Waals surface area (Å²) in [6.45, 7) is 7.84. The summed E-state index contributed by atoms with van der Waals surface area (Å²) in [5.74, 6) is 0. The van der Waals surface area contributed by atoms with Gasteiger partial charge in [0, 0.05) is 12.4 Å². The summed E-state index contributed by atoms with van der Waals surface area (Å²) in [7, 11) is 0. The average Bonchev–Trinajstić information content (AvgIpc) is 2.46. The van der Waals surface area contributed by atoms with E-state index in [-0.39, 0.29) is 0 Å². The molecule has 0 saturated carbocycles. The van der Waals surface area contributed by atoms with Crippen LogP contribution in [0.15, 0.2) is 66.3 Å². The average molecular weight is 261 g/mol. The Bertz CT molecular complexity index is 663. The van der Waals surface area contributed by atoms with Crippen molar-refractivity contribution in [3.05, 3.63) is 78.0 Å². The molecular weight excluding hydrogens is 242 g/mol. The standard InChI is InChI=1S/C19H19N/c1-4-20-13-7-9-17-12-11-16(3)19(14-17)18-10-6-5-8-15(18)2/h4-14H,1H2,2-3H3/b9-7+,20-13?. The van der Waals surface area contributed by atoms with Crippen LogP contribution in [0.1, 0.15) is 16.7 Å². The second kappa shape index (κ2) is 6.67. The van der Waals surface area contributed by atoms with Gasteiger partial charge in [0.2, 0.25) is 0 Å². The summed E-state index contributed by atoms with van der Waals surface area (Å²) in [6, 6.07) is 15.0. The topological polar surface area (TPSA) is 12.4 Å². The molecule has 0 aromatic heterocycles. The van der Waals surface area contributed by atoms with E-state index in [1.54, 1.807) is 6.21 Å². The van der Waals surface area contributed by atoms with Crippen LogP contribution in [-0.2, 0) is 0 Å². The fraction of sp³-hybridized carbons (Fsp3) is 0.105. The number of hydrogen-bond acceptors (Lipinski definition) is 1. The molecular formula is C19H19N. The van der Waals surface area contributed by atoms with Crippen LogP contribution in [0.3, 0.4) is 0 Å². The molecule has 0 aliphatic carbocycles. The molecule has 0 saturated heterocycles. The van der Waals surface area contributed by atoms with Crippen molar-refractivity contribution in [1.29, 1.82) is 0 Å². The Morgan fingerprint density at radius 2 is 1.70 bits per heavy atom. The molecule has 100 valence electrons. The van der Waals surface area contributed by atoms with Gasteiger partial charge in [0.05, 0.1) is 0 Å². The Morgan fingerprint density at radius 3 is 2.45 bits per heavy atom. The Morgan fingerprint density at radius 1 is 0.950 bits per heavy atom. The van der Waals surface area contributed by atoms with E-state index < -0.39 is 0 Å². The fourth-order valence-electron chi connectivity index (χ4n) is 2.17. The van der Waals surface area contributed by atoms with Crippen LogP contribution in [0.2, 0.25) is 0 Å². The van der Waals surface area contributed by atoms with E-state index in [2.05, 4.69) is 67.9 Å². The molecule has 1 heteroatoms.